The quantitative estimate of drug-likeness (QED) is 0.913. The third kappa shape index (κ3) is 2.96. The summed E-state index contributed by atoms with van der Waals surface area (Å²) in [4.78, 5) is 0. The molecule has 20 heavy (non-hydrogen) atoms. The Hall–Kier alpha value is -1.53. The van der Waals surface area contributed by atoms with E-state index in [-0.39, 0.29) is 6.10 Å². The SMILES string of the molecule is CCNC1(C#N)CCC(Oc2cc(C)cc(C)c2C)C1. The first-order valence-corrected chi connectivity index (χ1v) is 7.40. The Morgan fingerprint density at radius 2 is 2.15 bits per heavy atom. The molecule has 0 saturated heterocycles. The van der Waals surface area contributed by atoms with Gasteiger partial charge in [-0.2, -0.15) is 5.26 Å². The van der Waals surface area contributed by atoms with Gasteiger partial charge in [0.1, 0.15) is 17.4 Å². The van der Waals surface area contributed by atoms with Crippen LogP contribution in [0.3, 0.4) is 0 Å². The van der Waals surface area contributed by atoms with Gasteiger partial charge in [0.15, 0.2) is 0 Å². The Kier molecular flexibility index (Phi) is 4.35. The Labute approximate surface area is 121 Å². The van der Waals surface area contributed by atoms with E-state index in [0.29, 0.717) is 0 Å². The maximum atomic E-state index is 9.41. The minimum Gasteiger partial charge on any atom is -0.490 e. The van der Waals surface area contributed by atoms with Crippen molar-refractivity contribution in [2.45, 2.75) is 58.6 Å². The van der Waals surface area contributed by atoms with Gasteiger partial charge in [-0.1, -0.05) is 13.0 Å². The van der Waals surface area contributed by atoms with Gasteiger partial charge in [0.25, 0.3) is 0 Å². The number of benzene rings is 1. The highest BCUT2D eigenvalue weighted by atomic mass is 16.5. The molecule has 108 valence electrons. The van der Waals surface area contributed by atoms with Crippen molar-refractivity contribution >= 4 is 0 Å². The van der Waals surface area contributed by atoms with E-state index in [1.165, 1.54) is 16.7 Å². The number of nitrogens with one attached hydrogen (secondary N) is 1. The third-order valence-electron chi connectivity index (χ3n) is 4.26. The van der Waals surface area contributed by atoms with Crippen LogP contribution in [0, 0.1) is 32.1 Å². The number of hydrogen-bond acceptors (Lipinski definition) is 3. The Morgan fingerprint density at radius 1 is 1.40 bits per heavy atom. The van der Waals surface area contributed by atoms with E-state index in [4.69, 9.17) is 4.74 Å². The van der Waals surface area contributed by atoms with Crippen LogP contribution in [0.25, 0.3) is 0 Å². The molecule has 2 atom stereocenters. The lowest BCUT2D eigenvalue weighted by Gasteiger charge is -2.22. The number of nitriles is 1. The molecule has 3 nitrogen and oxygen atoms in total. The van der Waals surface area contributed by atoms with Crippen molar-refractivity contribution in [1.82, 2.24) is 5.32 Å². The molecule has 0 aromatic heterocycles. The van der Waals surface area contributed by atoms with E-state index in [9.17, 15) is 5.26 Å². The summed E-state index contributed by atoms with van der Waals surface area (Å²) in [5, 5.41) is 12.7. The van der Waals surface area contributed by atoms with E-state index in [0.717, 1.165) is 31.6 Å². The molecule has 1 aromatic rings. The molecule has 1 N–H and O–H groups in total. The fourth-order valence-corrected chi connectivity index (χ4v) is 3.04. The van der Waals surface area contributed by atoms with Crippen molar-refractivity contribution in [3.63, 3.8) is 0 Å². The van der Waals surface area contributed by atoms with Crippen molar-refractivity contribution in [2.75, 3.05) is 6.54 Å². The van der Waals surface area contributed by atoms with Gasteiger partial charge < -0.3 is 4.74 Å². The molecule has 1 saturated carbocycles. The lowest BCUT2D eigenvalue weighted by molar-refractivity contribution is 0.199. The minimum atomic E-state index is -0.397. The van der Waals surface area contributed by atoms with Crippen molar-refractivity contribution in [3.05, 3.63) is 28.8 Å². The highest BCUT2D eigenvalue weighted by Crippen LogP contribution is 2.34. The number of rotatable bonds is 4. The predicted octanol–water partition coefficient (Wildman–Crippen LogP) is 3.42. The molecular weight excluding hydrogens is 248 g/mol. The average Bonchev–Trinajstić information content (AvgIpc) is 2.80. The van der Waals surface area contributed by atoms with Crippen molar-refractivity contribution in [1.29, 1.82) is 5.26 Å². The predicted molar refractivity (Wildman–Crippen MR) is 80.9 cm³/mol. The first-order chi connectivity index (χ1) is 9.49. The number of nitrogens with zero attached hydrogens (tertiary/aromatic N) is 1. The van der Waals surface area contributed by atoms with Crippen molar-refractivity contribution < 1.29 is 4.74 Å². The number of aryl methyl sites for hydroxylation is 2. The van der Waals surface area contributed by atoms with Crippen LogP contribution in [-0.2, 0) is 0 Å². The van der Waals surface area contributed by atoms with Gasteiger partial charge in [0.05, 0.1) is 6.07 Å². The van der Waals surface area contributed by atoms with Gasteiger partial charge in [-0.05, 0) is 62.9 Å². The standard InChI is InChI=1S/C17H24N2O/c1-5-19-17(11-18)7-6-15(10-17)20-16-9-12(2)8-13(3)14(16)4/h8-9,15,19H,5-7,10H2,1-4H3. The maximum Gasteiger partial charge on any atom is 0.123 e. The normalized spacial score (nSPS) is 25.4. The lowest BCUT2D eigenvalue weighted by Crippen LogP contribution is -2.42. The molecule has 0 heterocycles. The van der Waals surface area contributed by atoms with Gasteiger partial charge in [-0.3, -0.25) is 5.32 Å². The van der Waals surface area contributed by atoms with E-state index in [2.05, 4.69) is 44.3 Å². The van der Waals surface area contributed by atoms with Crippen LogP contribution in [0.15, 0.2) is 12.1 Å². The van der Waals surface area contributed by atoms with E-state index >= 15 is 0 Å². The second kappa shape index (κ2) is 5.85. The molecule has 1 fully saturated rings. The molecule has 0 aliphatic heterocycles. The first-order valence-electron chi connectivity index (χ1n) is 7.40. The zero-order valence-electron chi connectivity index (χ0n) is 12.9. The molecule has 1 aliphatic rings. The Balaban J connectivity index is 2.12. The van der Waals surface area contributed by atoms with E-state index in [1.807, 2.05) is 6.92 Å². The first kappa shape index (κ1) is 14.9. The molecule has 3 heteroatoms. The van der Waals surface area contributed by atoms with Crippen LogP contribution in [0.4, 0.5) is 0 Å². The lowest BCUT2D eigenvalue weighted by atomic mass is 10.00. The van der Waals surface area contributed by atoms with Crippen molar-refractivity contribution in [3.8, 4) is 11.8 Å². The molecule has 1 aromatic carbocycles. The Morgan fingerprint density at radius 3 is 2.80 bits per heavy atom. The molecule has 2 rings (SSSR count). The zero-order chi connectivity index (χ0) is 14.8. The monoisotopic (exact) mass is 272 g/mol. The summed E-state index contributed by atoms with van der Waals surface area (Å²) in [6, 6.07) is 6.72. The van der Waals surface area contributed by atoms with Crippen LogP contribution in [0.2, 0.25) is 0 Å². The molecular formula is C17H24N2O. The number of ether oxygens (including phenoxy) is 1. The summed E-state index contributed by atoms with van der Waals surface area (Å²) in [5.41, 5.74) is 3.29. The number of hydrogen-bond donors (Lipinski definition) is 1. The van der Waals surface area contributed by atoms with Crippen molar-refractivity contribution in [2.24, 2.45) is 0 Å². The Bertz CT molecular complexity index is 533. The van der Waals surface area contributed by atoms with Gasteiger partial charge in [0, 0.05) is 6.42 Å². The van der Waals surface area contributed by atoms with Crippen LogP contribution in [-0.4, -0.2) is 18.2 Å². The summed E-state index contributed by atoms with van der Waals surface area (Å²) >= 11 is 0. The van der Waals surface area contributed by atoms with Crippen LogP contribution < -0.4 is 10.1 Å². The maximum absolute atomic E-state index is 9.41. The summed E-state index contributed by atoms with van der Waals surface area (Å²) < 4.78 is 6.18. The van der Waals surface area contributed by atoms with Crippen LogP contribution in [0.5, 0.6) is 5.75 Å². The van der Waals surface area contributed by atoms with Gasteiger partial charge in [0.2, 0.25) is 0 Å². The topological polar surface area (TPSA) is 45.0 Å². The second-order valence-corrected chi connectivity index (χ2v) is 5.91. The molecule has 0 amide bonds. The fraction of sp³-hybridized carbons (Fsp3) is 0.588. The zero-order valence-corrected chi connectivity index (χ0v) is 12.9. The third-order valence-corrected chi connectivity index (χ3v) is 4.26. The van der Waals surface area contributed by atoms with E-state index in [1.54, 1.807) is 0 Å². The van der Waals surface area contributed by atoms with Gasteiger partial charge >= 0.3 is 0 Å². The minimum absolute atomic E-state index is 0.133. The van der Waals surface area contributed by atoms with E-state index < -0.39 is 5.54 Å². The average molecular weight is 272 g/mol. The molecule has 0 bridgehead atoms. The highest BCUT2D eigenvalue weighted by molar-refractivity contribution is 5.42. The molecule has 2 unspecified atom stereocenters. The van der Waals surface area contributed by atoms with Crippen LogP contribution in [0.1, 0.15) is 42.9 Å². The molecule has 0 spiro atoms. The largest absolute Gasteiger partial charge is 0.490 e. The molecule has 0 radical (unpaired) electrons. The van der Waals surface area contributed by atoms with Gasteiger partial charge in [-0.25, -0.2) is 0 Å². The van der Waals surface area contributed by atoms with Crippen LogP contribution >= 0.6 is 0 Å². The summed E-state index contributed by atoms with van der Waals surface area (Å²) in [5.74, 6) is 0.970. The van der Waals surface area contributed by atoms with Gasteiger partial charge in [-0.15, -0.1) is 0 Å². The summed E-state index contributed by atoms with van der Waals surface area (Å²) in [6.07, 6.45) is 2.70. The molecule has 1 aliphatic carbocycles. The highest BCUT2D eigenvalue weighted by Gasteiger charge is 2.40. The summed E-state index contributed by atoms with van der Waals surface area (Å²) in [6.45, 7) is 9.17. The fourth-order valence-electron chi connectivity index (χ4n) is 3.04. The smallest absolute Gasteiger partial charge is 0.123 e. The second-order valence-electron chi connectivity index (χ2n) is 5.91. The summed E-state index contributed by atoms with van der Waals surface area (Å²) in [7, 11) is 0.